The van der Waals surface area contributed by atoms with Crippen molar-refractivity contribution in [1.82, 2.24) is 0 Å². The minimum Gasteiger partial charge on any atom is -0.489 e. The van der Waals surface area contributed by atoms with Crippen LogP contribution in [0.1, 0.15) is 16.7 Å². The lowest BCUT2D eigenvalue weighted by molar-refractivity contribution is -0.110. The van der Waals surface area contributed by atoms with Crippen molar-refractivity contribution in [3.63, 3.8) is 0 Å². The molecule has 0 spiro atoms. The van der Waals surface area contributed by atoms with Crippen LogP contribution in [-0.2, 0) is 4.79 Å². The number of hydrogen-bond donors (Lipinski definition) is 1. The van der Waals surface area contributed by atoms with Crippen molar-refractivity contribution in [3.8, 4) is 11.8 Å². The molecule has 0 aromatic heterocycles. The highest BCUT2D eigenvalue weighted by Gasteiger charge is 2.24. The number of fused-ring (bicyclic) bond motifs is 1. The Hall–Kier alpha value is -3.32. The Morgan fingerprint density at radius 3 is 2.87 bits per heavy atom. The van der Waals surface area contributed by atoms with Crippen LogP contribution >= 0.6 is 0 Å². The summed E-state index contributed by atoms with van der Waals surface area (Å²) in [7, 11) is 0. The molecule has 1 N–H and O–H groups in total. The maximum atomic E-state index is 12.2. The van der Waals surface area contributed by atoms with Crippen LogP contribution in [-0.4, -0.2) is 12.5 Å². The average molecular weight is 302 g/mol. The number of nitrogens with zero attached hydrogens (tertiary/aromatic N) is 1. The van der Waals surface area contributed by atoms with E-state index in [2.05, 4.69) is 18.0 Å². The molecule has 3 rings (SSSR count). The Labute approximate surface area is 134 Å². The van der Waals surface area contributed by atoms with Crippen LogP contribution in [0.25, 0.3) is 11.6 Å². The van der Waals surface area contributed by atoms with Crippen molar-refractivity contribution in [2.24, 2.45) is 0 Å². The monoisotopic (exact) mass is 302 g/mol. The number of ether oxygens (including phenoxy) is 1. The van der Waals surface area contributed by atoms with Crippen LogP contribution < -0.4 is 10.1 Å². The standard InChI is InChI=1S/C19H14N2O2/c1-2-9-23-18-6-4-3-5-14(18)11-16-15-8-7-13(12-20)10-17(15)21-19(16)22/h2-8,10-11H,1,9H2,(H,21,22)/b16-11-. The molecule has 1 amide bonds. The zero-order chi connectivity index (χ0) is 16.2. The first-order chi connectivity index (χ1) is 11.2. The van der Waals surface area contributed by atoms with Gasteiger partial charge in [-0.05, 0) is 24.3 Å². The quantitative estimate of drug-likeness (QED) is 0.693. The second kappa shape index (κ2) is 6.20. The van der Waals surface area contributed by atoms with Crippen molar-refractivity contribution in [2.75, 3.05) is 11.9 Å². The normalized spacial score (nSPS) is 14.0. The van der Waals surface area contributed by atoms with Gasteiger partial charge in [-0.3, -0.25) is 4.79 Å². The van der Waals surface area contributed by atoms with Gasteiger partial charge in [0.25, 0.3) is 5.91 Å². The second-order valence-electron chi connectivity index (χ2n) is 5.02. The molecule has 0 fully saturated rings. The van der Waals surface area contributed by atoms with Crippen LogP contribution in [0.2, 0.25) is 0 Å². The molecule has 112 valence electrons. The van der Waals surface area contributed by atoms with Gasteiger partial charge in [0.2, 0.25) is 0 Å². The molecule has 1 aliphatic heterocycles. The number of anilines is 1. The Kier molecular flexibility index (Phi) is 3.94. The molecule has 0 atom stereocenters. The van der Waals surface area contributed by atoms with Gasteiger partial charge >= 0.3 is 0 Å². The molecule has 0 aliphatic carbocycles. The average Bonchev–Trinajstić information content (AvgIpc) is 2.88. The van der Waals surface area contributed by atoms with E-state index in [1.54, 1.807) is 30.4 Å². The lowest BCUT2D eigenvalue weighted by Gasteiger charge is -2.07. The Morgan fingerprint density at radius 2 is 2.09 bits per heavy atom. The van der Waals surface area contributed by atoms with Crippen LogP contribution in [0, 0.1) is 11.3 Å². The van der Waals surface area contributed by atoms with Gasteiger partial charge < -0.3 is 10.1 Å². The van der Waals surface area contributed by atoms with Gasteiger partial charge in [-0.2, -0.15) is 5.26 Å². The summed E-state index contributed by atoms with van der Waals surface area (Å²) in [5.41, 5.74) is 3.33. The molecule has 2 aromatic rings. The van der Waals surface area contributed by atoms with E-state index in [-0.39, 0.29) is 5.91 Å². The number of hydrogen-bond acceptors (Lipinski definition) is 3. The summed E-state index contributed by atoms with van der Waals surface area (Å²) in [4.78, 5) is 12.2. The number of nitriles is 1. The van der Waals surface area contributed by atoms with Gasteiger partial charge in [0.1, 0.15) is 12.4 Å². The van der Waals surface area contributed by atoms with Gasteiger partial charge in [-0.15, -0.1) is 0 Å². The molecule has 4 heteroatoms. The largest absolute Gasteiger partial charge is 0.489 e. The van der Waals surface area contributed by atoms with Gasteiger partial charge in [0, 0.05) is 16.7 Å². The Morgan fingerprint density at radius 1 is 1.26 bits per heavy atom. The second-order valence-corrected chi connectivity index (χ2v) is 5.02. The molecule has 0 radical (unpaired) electrons. The number of nitrogens with one attached hydrogen (secondary N) is 1. The first-order valence-corrected chi connectivity index (χ1v) is 7.13. The summed E-state index contributed by atoms with van der Waals surface area (Å²) < 4.78 is 5.62. The summed E-state index contributed by atoms with van der Waals surface area (Å²) in [6, 6.07) is 14.7. The van der Waals surface area contributed by atoms with Crippen LogP contribution in [0.4, 0.5) is 5.69 Å². The first kappa shape index (κ1) is 14.6. The van der Waals surface area contributed by atoms with Crippen LogP contribution in [0.5, 0.6) is 5.75 Å². The fourth-order valence-corrected chi connectivity index (χ4v) is 2.44. The molecule has 1 aliphatic rings. The van der Waals surface area contributed by atoms with Crippen LogP contribution in [0.15, 0.2) is 55.1 Å². The topological polar surface area (TPSA) is 62.1 Å². The summed E-state index contributed by atoms with van der Waals surface area (Å²) in [6.07, 6.45) is 3.47. The zero-order valence-corrected chi connectivity index (χ0v) is 12.4. The van der Waals surface area contributed by atoms with E-state index in [1.165, 1.54) is 0 Å². The van der Waals surface area contributed by atoms with E-state index in [1.807, 2.05) is 24.3 Å². The smallest absolute Gasteiger partial charge is 0.256 e. The van der Waals surface area contributed by atoms with Gasteiger partial charge in [-0.25, -0.2) is 0 Å². The number of carbonyl (C=O) groups excluding carboxylic acids is 1. The number of amides is 1. The number of rotatable bonds is 4. The third kappa shape index (κ3) is 2.85. The molecule has 0 bridgehead atoms. The Bertz CT molecular complexity index is 860. The molecule has 0 unspecified atom stereocenters. The maximum Gasteiger partial charge on any atom is 0.256 e. The van der Waals surface area contributed by atoms with Gasteiger partial charge in [0.15, 0.2) is 0 Å². The fraction of sp³-hybridized carbons (Fsp3) is 0.0526. The highest BCUT2D eigenvalue weighted by atomic mass is 16.5. The van der Waals surface area contributed by atoms with E-state index in [0.717, 1.165) is 11.1 Å². The SMILES string of the molecule is C=CCOc1ccccc1/C=C1\C(=O)Nc2cc(C#N)ccc21. The molecule has 23 heavy (non-hydrogen) atoms. The van der Waals surface area contributed by atoms with E-state index >= 15 is 0 Å². The molecular weight excluding hydrogens is 288 g/mol. The highest BCUT2D eigenvalue weighted by molar-refractivity contribution is 6.35. The van der Waals surface area contributed by atoms with E-state index in [4.69, 9.17) is 10.00 Å². The van der Waals surface area contributed by atoms with Crippen molar-refractivity contribution in [2.45, 2.75) is 0 Å². The van der Waals surface area contributed by atoms with E-state index in [0.29, 0.717) is 29.2 Å². The lowest BCUT2D eigenvalue weighted by Crippen LogP contribution is -2.04. The predicted molar refractivity (Wildman–Crippen MR) is 89.8 cm³/mol. The first-order valence-electron chi connectivity index (χ1n) is 7.13. The summed E-state index contributed by atoms with van der Waals surface area (Å²) >= 11 is 0. The summed E-state index contributed by atoms with van der Waals surface area (Å²) in [5.74, 6) is 0.503. The van der Waals surface area contributed by atoms with Crippen molar-refractivity contribution in [3.05, 3.63) is 71.8 Å². The van der Waals surface area contributed by atoms with Crippen molar-refractivity contribution in [1.29, 1.82) is 5.26 Å². The molecule has 1 heterocycles. The number of para-hydroxylation sites is 1. The minimum absolute atomic E-state index is 0.186. The fourth-order valence-electron chi connectivity index (χ4n) is 2.44. The maximum absolute atomic E-state index is 12.2. The third-order valence-corrected chi connectivity index (χ3v) is 3.51. The number of carbonyl (C=O) groups is 1. The molecule has 0 saturated carbocycles. The van der Waals surface area contributed by atoms with Gasteiger partial charge in [0.05, 0.1) is 17.3 Å². The van der Waals surface area contributed by atoms with Crippen molar-refractivity contribution < 1.29 is 9.53 Å². The lowest BCUT2D eigenvalue weighted by atomic mass is 10.0. The van der Waals surface area contributed by atoms with E-state index < -0.39 is 0 Å². The zero-order valence-electron chi connectivity index (χ0n) is 12.4. The summed E-state index contributed by atoms with van der Waals surface area (Å²) in [6.45, 7) is 4.03. The van der Waals surface area contributed by atoms with E-state index in [9.17, 15) is 4.79 Å². The summed E-state index contributed by atoms with van der Waals surface area (Å²) in [5, 5.41) is 11.7. The predicted octanol–water partition coefficient (Wildman–Crippen LogP) is 3.62. The van der Waals surface area contributed by atoms with Crippen molar-refractivity contribution >= 4 is 23.2 Å². The van der Waals surface area contributed by atoms with Gasteiger partial charge in [-0.1, -0.05) is 36.9 Å². The highest BCUT2D eigenvalue weighted by Crippen LogP contribution is 2.35. The minimum atomic E-state index is -0.186. The molecular formula is C19H14N2O2. The molecule has 0 saturated heterocycles. The third-order valence-electron chi connectivity index (χ3n) is 3.51. The molecule has 4 nitrogen and oxygen atoms in total. The Balaban J connectivity index is 2.03. The van der Waals surface area contributed by atoms with Crippen LogP contribution in [0.3, 0.4) is 0 Å². The number of benzene rings is 2. The molecule has 2 aromatic carbocycles.